The minimum atomic E-state index is -0.310. The van der Waals surface area contributed by atoms with E-state index in [4.69, 9.17) is 19.3 Å². The highest BCUT2D eigenvalue weighted by atomic mass is 16.5. The first-order valence-electron chi connectivity index (χ1n) is 12.9. The number of amides is 1. The fourth-order valence-corrected chi connectivity index (χ4v) is 5.09. The number of benzene rings is 2. The van der Waals surface area contributed by atoms with Crippen molar-refractivity contribution in [3.05, 3.63) is 58.7 Å². The lowest BCUT2D eigenvalue weighted by atomic mass is 9.95. The van der Waals surface area contributed by atoms with Gasteiger partial charge in [0.15, 0.2) is 0 Å². The second-order valence-electron chi connectivity index (χ2n) is 9.74. The fraction of sp³-hybridized carbons (Fsp3) is 0.483. The zero-order valence-electron chi connectivity index (χ0n) is 22.5. The Labute approximate surface area is 219 Å². The van der Waals surface area contributed by atoms with Crippen LogP contribution in [-0.4, -0.2) is 68.0 Å². The monoisotopic (exact) mass is 507 g/mol. The highest BCUT2D eigenvalue weighted by Gasteiger charge is 2.36. The fourth-order valence-electron chi connectivity index (χ4n) is 5.09. The van der Waals surface area contributed by atoms with Gasteiger partial charge in [-0.25, -0.2) is 5.01 Å². The number of carbonyl (C=O) groups is 2. The maximum Gasteiger partial charge on any atom is 0.310 e. The van der Waals surface area contributed by atoms with Gasteiger partial charge in [-0.2, -0.15) is 5.10 Å². The Kier molecular flexibility index (Phi) is 8.48. The zero-order valence-corrected chi connectivity index (χ0v) is 22.5. The van der Waals surface area contributed by atoms with Crippen LogP contribution in [0.25, 0.3) is 0 Å². The predicted molar refractivity (Wildman–Crippen MR) is 142 cm³/mol. The Morgan fingerprint density at radius 3 is 2.57 bits per heavy atom. The molecule has 0 saturated carbocycles. The number of carbonyl (C=O) groups excluding carboxylic acids is 2. The van der Waals surface area contributed by atoms with Crippen molar-refractivity contribution in [2.75, 3.05) is 40.5 Å². The number of nitrogens with zero attached hydrogens (tertiary/aromatic N) is 3. The molecule has 0 N–H and O–H groups in total. The summed E-state index contributed by atoms with van der Waals surface area (Å²) in [5.74, 6) is 0.846. The number of esters is 1. The summed E-state index contributed by atoms with van der Waals surface area (Å²) in [5.41, 5.74) is 5.15. The van der Waals surface area contributed by atoms with Crippen LogP contribution in [0.5, 0.6) is 11.5 Å². The molecule has 0 bridgehead atoms. The minimum Gasteiger partial charge on any atom is -0.497 e. The van der Waals surface area contributed by atoms with Crippen molar-refractivity contribution in [1.29, 1.82) is 0 Å². The highest BCUT2D eigenvalue weighted by molar-refractivity contribution is 6.03. The molecule has 8 nitrogen and oxygen atoms in total. The van der Waals surface area contributed by atoms with Crippen molar-refractivity contribution >= 4 is 17.6 Å². The van der Waals surface area contributed by atoms with Gasteiger partial charge in [0.25, 0.3) is 5.91 Å². The van der Waals surface area contributed by atoms with Gasteiger partial charge in [0, 0.05) is 24.6 Å². The van der Waals surface area contributed by atoms with Crippen molar-refractivity contribution in [2.45, 2.75) is 46.1 Å². The molecule has 0 radical (unpaired) electrons. The van der Waals surface area contributed by atoms with Crippen LogP contribution >= 0.6 is 0 Å². The maximum atomic E-state index is 13.7. The molecule has 1 fully saturated rings. The smallest absolute Gasteiger partial charge is 0.310 e. The summed E-state index contributed by atoms with van der Waals surface area (Å²) in [6.07, 6.45) is 2.21. The van der Waals surface area contributed by atoms with Gasteiger partial charge in [-0.15, -0.1) is 0 Å². The van der Waals surface area contributed by atoms with Gasteiger partial charge in [0.1, 0.15) is 11.5 Å². The number of hydrazone groups is 1. The summed E-state index contributed by atoms with van der Waals surface area (Å²) in [6.45, 7) is 7.81. The van der Waals surface area contributed by atoms with E-state index in [1.807, 2.05) is 30.0 Å². The number of ether oxygens (including phenoxy) is 3. The molecule has 0 aromatic heterocycles. The molecule has 2 aliphatic rings. The van der Waals surface area contributed by atoms with Crippen LogP contribution in [0.3, 0.4) is 0 Å². The summed E-state index contributed by atoms with van der Waals surface area (Å²) < 4.78 is 16.3. The van der Waals surface area contributed by atoms with Crippen molar-refractivity contribution in [2.24, 2.45) is 11.0 Å². The van der Waals surface area contributed by atoms with Gasteiger partial charge in [-0.05, 0) is 75.0 Å². The molecule has 2 heterocycles. The van der Waals surface area contributed by atoms with Crippen molar-refractivity contribution in [1.82, 2.24) is 9.91 Å². The number of likely N-dealkylation sites (tertiary alicyclic amines) is 1. The Morgan fingerprint density at radius 2 is 1.86 bits per heavy atom. The van der Waals surface area contributed by atoms with Crippen LogP contribution in [0.15, 0.2) is 41.5 Å². The topological polar surface area (TPSA) is 80.7 Å². The van der Waals surface area contributed by atoms with E-state index in [2.05, 4.69) is 32.0 Å². The first kappa shape index (κ1) is 26.7. The first-order valence-corrected chi connectivity index (χ1v) is 12.9. The molecule has 2 aromatic carbocycles. The third-order valence-electron chi connectivity index (χ3n) is 7.29. The standard InChI is InChI=1S/C29H37N3O5/c1-6-37-29(34)22-8-7-13-31(17-22)18-28(33)32-26(24-12-11-23(35-4)15-27(24)36-5)16-25(30-32)21-10-9-19(2)20(3)14-21/h9-12,14-15,22,26H,6-8,13,16-18H2,1-5H3/t22-,26-/m1/s1. The number of piperidine rings is 1. The average molecular weight is 508 g/mol. The Morgan fingerprint density at radius 1 is 1.05 bits per heavy atom. The molecule has 0 spiro atoms. The Balaban J connectivity index is 1.61. The molecule has 198 valence electrons. The van der Waals surface area contributed by atoms with Gasteiger partial charge in [0.2, 0.25) is 0 Å². The van der Waals surface area contributed by atoms with E-state index in [1.54, 1.807) is 19.2 Å². The van der Waals surface area contributed by atoms with Gasteiger partial charge >= 0.3 is 5.97 Å². The lowest BCUT2D eigenvalue weighted by Crippen LogP contribution is -2.44. The van der Waals surface area contributed by atoms with E-state index >= 15 is 0 Å². The summed E-state index contributed by atoms with van der Waals surface area (Å²) in [4.78, 5) is 28.1. The third-order valence-corrected chi connectivity index (χ3v) is 7.29. The minimum absolute atomic E-state index is 0.105. The summed E-state index contributed by atoms with van der Waals surface area (Å²) >= 11 is 0. The van der Waals surface area contributed by atoms with E-state index in [1.165, 1.54) is 11.1 Å². The molecule has 37 heavy (non-hydrogen) atoms. The molecular formula is C29H37N3O5. The van der Waals surface area contributed by atoms with E-state index in [-0.39, 0.29) is 30.4 Å². The zero-order chi connectivity index (χ0) is 26.5. The Bertz CT molecular complexity index is 1180. The van der Waals surface area contributed by atoms with E-state index in [0.717, 1.165) is 36.2 Å². The number of hydrogen-bond acceptors (Lipinski definition) is 7. The summed E-state index contributed by atoms with van der Waals surface area (Å²) in [5, 5.41) is 6.45. The number of aryl methyl sites for hydroxylation is 2. The molecule has 2 aliphatic heterocycles. The lowest BCUT2D eigenvalue weighted by molar-refractivity contribution is -0.150. The van der Waals surface area contributed by atoms with Gasteiger partial charge in [0.05, 0.1) is 45.0 Å². The second-order valence-corrected chi connectivity index (χ2v) is 9.74. The normalized spacial score (nSPS) is 19.9. The second kappa shape index (κ2) is 11.8. The van der Waals surface area contributed by atoms with Crippen LogP contribution < -0.4 is 9.47 Å². The first-order chi connectivity index (χ1) is 17.8. The number of hydrogen-bond donors (Lipinski definition) is 0. The van der Waals surface area contributed by atoms with Crippen LogP contribution in [0, 0.1) is 19.8 Å². The van der Waals surface area contributed by atoms with Gasteiger partial charge in [-0.1, -0.05) is 12.1 Å². The molecule has 1 saturated heterocycles. The van der Waals surface area contributed by atoms with Gasteiger partial charge < -0.3 is 14.2 Å². The number of methoxy groups -OCH3 is 2. The van der Waals surface area contributed by atoms with Crippen LogP contribution in [0.4, 0.5) is 0 Å². The van der Waals surface area contributed by atoms with E-state index in [0.29, 0.717) is 31.1 Å². The molecule has 2 atom stereocenters. The number of rotatable bonds is 8. The van der Waals surface area contributed by atoms with Crippen LogP contribution in [0.1, 0.15) is 54.5 Å². The van der Waals surface area contributed by atoms with E-state index < -0.39 is 0 Å². The largest absolute Gasteiger partial charge is 0.497 e. The maximum absolute atomic E-state index is 13.7. The Hall–Kier alpha value is -3.39. The third kappa shape index (κ3) is 5.96. The predicted octanol–water partition coefficient (Wildman–Crippen LogP) is 4.27. The summed E-state index contributed by atoms with van der Waals surface area (Å²) in [7, 11) is 3.23. The quantitative estimate of drug-likeness (QED) is 0.497. The molecule has 8 heteroatoms. The van der Waals surface area contributed by atoms with Crippen LogP contribution in [0.2, 0.25) is 0 Å². The molecule has 2 aromatic rings. The van der Waals surface area contributed by atoms with Gasteiger partial charge in [-0.3, -0.25) is 14.5 Å². The van der Waals surface area contributed by atoms with E-state index in [9.17, 15) is 9.59 Å². The average Bonchev–Trinajstić information content (AvgIpc) is 3.35. The molecule has 1 amide bonds. The SMILES string of the molecule is CCOC(=O)[C@@H]1CCCN(CC(=O)N2N=C(c3ccc(C)c(C)c3)C[C@@H]2c2ccc(OC)cc2OC)C1. The molecule has 0 unspecified atom stereocenters. The van der Waals surface area contributed by atoms with Crippen molar-refractivity contribution in [3.8, 4) is 11.5 Å². The molecule has 4 rings (SSSR count). The molecule has 0 aliphatic carbocycles. The van der Waals surface area contributed by atoms with Crippen molar-refractivity contribution < 1.29 is 23.8 Å². The lowest BCUT2D eigenvalue weighted by Gasteiger charge is -2.32. The van der Waals surface area contributed by atoms with Crippen molar-refractivity contribution in [3.63, 3.8) is 0 Å². The summed E-state index contributed by atoms with van der Waals surface area (Å²) in [6, 6.07) is 11.6. The molecular weight excluding hydrogens is 470 g/mol. The highest BCUT2D eigenvalue weighted by Crippen LogP contribution is 2.39. The van der Waals surface area contributed by atoms with Crippen LogP contribution in [-0.2, 0) is 14.3 Å².